The number of rotatable bonds is 2. The molecule has 136 valence electrons. The average Bonchev–Trinajstić information content (AvgIpc) is 3.23. The number of H-pyrrole nitrogens is 1. The van der Waals surface area contributed by atoms with E-state index in [2.05, 4.69) is 26.5 Å². The molecule has 3 unspecified atom stereocenters. The lowest BCUT2D eigenvalue weighted by Gasteiger charge is -2.33. The van der Waals surface area contributed by atoms with Crippen molar-refractivity contribution in [2.24, 2.45) is 5.92 Å². The predicted octanol–water partition coefficient (Wildman–Crippen LogP) is 2.88. The number of likely N-dealkylation sites (tertiary alicyclic amines) is 1. The van der Waals surface area contributed by atoms with E-state index in [0.29, 0.717) is 17.9 Å². The Morgan fingerprint density at radius 2 is 1.88 bits per heavy atom. The van der Waals surface area contributed by atoms with Gasteiger partial charge in [0.25, 0.3) is 0 Å². The number of hydrogen-bond acceptors (Lipinski definition) is 3. The Bertz CT molecular complexity index is 503. The third-order valence-electron chi connectivity index (χ3n) is 5.93. The van der Waals surface area contributed by atoms with Gasteiger partial charge in [0, 0.05) is 36.9 Å². The summed E-state index contributed by atoms with van der Waals surface area (Å²) in [6, 6.07) is 2.74. The first-order chi connectivity index (χ1) is 10.8. The Balaban J connectivity index is 0.00000104. The molecule has 4 rings (SSSR count). The van der Waals surface area contributed by atoms with Crippen molar-refractivity contribution in [2.45, 2.75) is 62.9 Å². The molecule has 2 N–H and O–H groups in total. The number of nitrogens with zero attached hydrogens (tertiary/aromatic N) is 2. The first-order valence-electron chi connectivity index (χ1n) is 8.85. The SMILES string of the molecule is Cl.Cl.O=C(C1CC2CCCCC2N1)N1CCC(c2ccn[nH]2)CC1. The van der Waals surface area contributed by atoms with Crippen molar-refractivity contribution in [3.63, 3.8) is 0 Å². The number of fused-ring (bicyclic) bond motifs is 1. The quantitative estimate of drug-likeness (QED) is 0.836. The monoisotopic (exact) mass is 374 g/mol. The van der Waals surface area contributed by atoms with E-state index in [4.69, 9.17) is 0 Å². The Kier molecular flexibility index (Phi) is 6.96. The lowest BCUT2D eigenvalue weighted by molar-refractivity contribution is -0.134. The van der Waals surface area contributed by atoms with Crippen LogP contribution < -0.4 is 5.32 Å². The molecule has 1 saturated carbocycles. The molecule has 5 nitrogen and oxygen atoms in total. The van der Waals surface area contributed by atoms with Crippen LogP contribution in [0, 0.1) is 5.92 Å². The molecule has 7 heteroatoms. The maximum atomic E-state index is 12.8. The van der Waals surface area contributed by atoms with Crippen molar-refractivity contribution in [1.29, 1.82) is 0 Å². The second-order valence-electron chi connectivity index (χ2n) is 7.22. The fourth-order valence-corrected chi connectivity index (χ4v) is 4.64. The van der Waals surface area contributed by atoms with Gasteiger partial charge in [0.15, 0.2) is 0 Å². The highest BCUT2D eigenvalue weighted by atomic mass is 35.5. The van der Waals surface area contributed by atoms with Gasteiger partial charge >= 0.3 is 0 Å². The highest BCUT2D eigenvalue weighted by Crippen LogP contribution is 2.34. The van der Waals surface area contributed by atoms with Crippen LogP contribution in [0.5, 0.6) is 0 Å². The van der Waals surface area contributed by atoms with Gasteiger partial charge in [0.05, 0.1) is 6.04 Å². The number of carbonyl (C=O) groups is 1. The Labute approximate surface area is 156 Å². The van der Waals surface area contributed by atoms with Crippen LogP contribution in [-0.4, -0.2) is 46.2 Å². The second-order valence-corrected chi connectivity index (χ2v) is 7.22. The maximum absolute atomic E-state index is 12.8. The molecule has 2 aliphatic heterocycles. The fourth-order valence-electron chi connectivity index (χ4n) is 4.64. The molecule has 24 heavy (non-hydrogen) atoms. The van der Waals surface area contributed by atoms with E-state index < -0.39 is 0 Å². The number of halogens is 2. The van der Waals surface area contributed by atoms with Crippen molar-refractivity contribution < 1.29 is 4.79 Å². The van der Waals surface area contributed by atoms with E-state index in [1.807, 2.05) is 6.20 Å². The van der Waals surface area contributed by atoms with Gasteiger partial charge in [0.1, 0.15) is 0 Å². The summed E-state index contributed by atoms with van der Waals surface area (Å²) in [5.74, 6) is 1.62. The lowest BCUT2D eigenvalue weighted by atomic mass is 9.85. The van der Waals surface area contributed by atoms with E-state index in [9.17, 15) is 4.79 Å². The Hall–Kier alpha value is -0.780. The standard InChI is InChI=1S/C17H26N4O.2ClH/c22-17(16-11-13-3-1-2-4-14(13)19-16)21-9-6-12(7-10-21)15-5-8-18-20-15;;/h5,8,12-14,16,19H,1-4,6-7,9-11H2,(H,18,20);2*1H. The summed E-state index contributed by atoms with van der Waals surface area (Å²) in [5, 5.41) is 10.7. The topological polar surface area (TPSA) is 61.0 Å². The van der Waals surface area contributed by atoms with Gasteiger partial charge in [0.2, 0.25) is 5.91 Å². The van der Waals surface area contributed by atoms with Gasteiger partial charge in [-0.2, -0.15) is 5.10 Å². The first kappa shape index (κ1) is 19.5. The molecule has 3 heterocycles. The summed E-state index contributed by atoms with van der Waals surface area (Å²) in [7, 11) is 0. The molecule has 1 aromatic heterocycles. The van der Waals surface area contributed by atoms with E-state index in [1.54, 1.807) is 0 Å². The van der Waals surface area contributed by atoms with Crippen LogP contribution in [0.25, 0.3) is 0 Å². The number of piperidine rings is 1. The Morgan fingerprint density at radius 3 is 2.54 bits per heavy atom. The third kappa shape index (κ3) is 3.89. The minimum atomic E-state index is 0. The van der Waals surface area contributed by atoms with Crippen LogP contribution in [0.3, 0.4) is 0 Å². The van der Waals surface area contributed by atoms with Crippen molar-refractivity contribution in [3.8, 4) is 0 Å². The number of aromatic amines is 1. The fraction of sp³-hybridized carbons (Fsp3) is 0.765. The second kappa shape index (κ2) is 8.54. The number of nitrogens with one attached hydrogen (secondary N) is 2. The van der Waals surface area contributed by atoms with Crippen molar-refractivity contribution in [3.05, 3.63) is 18.0 Å². The summed E-state index contributed by atoms with van der Waals surface area (Å²) >= 11 is 0. The van der Waals surface area contributed by atoms with E-state index in [-0.39, 0.29) is 30.9 Å². The van der Waals surface area contributed by atoms with Crippen LogP contribution in [0.1, 0.15) is 56.6 Å². The smallest absolute Gasteiger partial charge is 0.239 e. The molecule has 1 amide bonds. The van der Waals surface area contributed by atoms with Gasteiger partial charge < -0.3 is 10.2 Å². The van der Waals surface area contributed by atoms with Crippen LogP contribution in [0.4, 0.5) is 0 Å². The van der Waals surface area contributed by atoms with Gasteiger partial charge in [-0.1, -0.05) is 12.8 Å². The molecular formula is C17H28Cl2N4O. The first-order valence-corrected chi connectivity index (χ1v) is 8.85. The average molecular weight is 375 g/mol. The molecule has 0 spiro atoms. The van der Waals surface area contributed by atoms with Crippen LogP contribution in [-0.2, 0) is 4.79 Å². The third-order valence-corrected chi connectivity index (χ3v) is 5.93. The van der Waals surface area contributed by atoms with Gasteiger partial charge in [-0.25, -0.2) is 0 Å². The molecule has 0 radical (unpaired) electrons. The Morgan fingerprint density at radius 1 is 1.12 bits per heavy atom. The zero-order valence-electron chi connectivity index (χ0n) is 13.9. The van der Waals surface area contributed by atoms with Crippen LogP contribution >= 0.6 is 24.8 Å². The summed E-state index contributed by atoms with van der Waals surface area (Å²) in [4.78, 5) is 14.9. The van der Waals surface area contributed by atoms with Crippen molar-refractivity contribution in [1.82, 2.24) is 20.4 Å². The lowest BCUT2D eigenvalue weighted by Crippen LogP contribution is -2.48. The largest absolute Gasteiger partial charge is 0.341 e. The molecule has 3 atom stereocenters. The summed E-state index contributed by atoms with van der Waals surface area (Å²) in [5.41, 5.74) is 1.22. The molecular weight excluding hydrogens is 347 g/mol. The van der Waals surface area contributed by atoms with Crippen molar-refractivity contribution in [2.75, 3.05) is 13.1 Å². The van der Waals surface area contributed by atoms with E-state index >= 15 is 0 Å². The zero-order valence-corrected chi connectivity index (χ0v) is 15.6. The number of aromatic nitrogens is 2. The number of carbonyl (C=O) groups excluding carboxylic acids is 1. The molecule has 2 saturated heterocycles. The van der Waals surface area contributed by atoms with Crippen LogP contribution in [0.2, 0.25) is 0 Å². The molecule has 1 aliphatic carbocycles. The highest BCUT2D eigenvalue weighted by Gasteiger charge is 2.40. The number of amides is 1. The van der Waals surface area contributed by atoms with E-state index in [0.717, 1.165) is 38.3 Å². The molecule has 3 aliphatic rings. The van der Waals surface area contributed by atoms with Gasteiger partial charge in [-0.05, 0) is 44.1 Å². The molecule has 0 aromatic carbocycles. The summed E-state index contributed by atoms with van der Waals surface area (Å²) < 4.78 is 0. The van der Waals surface area contributed by atoms with Gasteiger partial charge in [-0.3, -0.25) is 9.89 Å². The van der Waals surface area contributed by atoms with Crippen LogP contribution in [0.15, 0.2) is 12.3 Å². The van der Waals surface area contributed by atoms with E-state index in [1.165, 1.54) is 31.4 Å². The predicted molar refractivity (Wildman–Crippen MR) is 98.9 cm³/mol. The molecule has 0 bridgehead atoms. The minimum Gasteiger partial charge on any atom is -0.341 e. The summed E-state index contributed by atoms with van der Waals surface area (Å²) in [6.45, 7) is 1.77. The molecule has 3 fully saturated rings. The maximum Gasteiger partial charge on any atom is 0.239 e. The highest BCUT2D eigenvalue weighted by molar-refractivity contribution is 5.85. The zero-order chi connectivity index (χ0) is 14.9. The minimum absolute atomic E-state index is 0. The normalized spacial score (nSPS) is 30.2. The van der Waals surface area contributed by atoms with Crippen molar-refractivity contribution >= 4 is 30.7 Å². The summed E-state index contributed by atoms with van der Waals surface area (Å²) in [6.07, 6.45) is 10.2. The van der Waals surface area contributed by atoms with Gasteiger partial charge in [-0.15, -0.1) is 24.8 Å². The molecule has 1 aromatic rings. The number of hydrogen-bond donors (Lipinski definition) is 2.